The Hall–Kier alpha value is -4.61. The molecule has 1 aliphatic heterocycles. The van der Waals surface area contributed by atoms with Gasteiger partial charge in [0.1, 0.15) is 22.8 Å². The molecule has 0 atom stereocenters. The number of amides is 1. The number of hydrogen-bond donors (Lipinski definition) is 1. The number of benzene rings is 1. The Balaban J connectivity index is 1.49. The highest BCUT2D eigenvalue weighted by Crippen LogP contribution is 2.40. The first-order valence-corrected chi connectivity index (χ1v) is 12.4. The van der Waals surface area contributed by atoms with E-state index in [9.17, 15) is 4.79 Å². The van der Waals surface area contributed by atoms with E-state index in [-0.39, 0.29) is 23.4 Å². The van der Waals surface area contributed by atoms with Gasteiger partial charge < -0.3 is 33.9 Å². The van der Waals surface area contributed by atoms with E-state index in [1.54, 1.807) is 33.4 Å². The second-order valence-corrected chi connectivity index (χ2v) is 9.13. The summed E-state index contributed by atoms with van der Waals surface area (Å²) in [6.45, 7) is 4.14. The largest absolute Gasteiger partial charge is 0.494 e. The van der Waals surface area contributed by atoms with E-state index in [1.807, 2.05) is 40.9 Å². The molecule has 0 bridgehead atoms. The predicted molar refractivity (Wildman–Crippen MR) is 146 cm³/mol. The minimum absolute atomic E-state index is 0.0495. The van der Waals surface area contributed by atoms with Crippen molar-refractivity contribution in [3.05, 3.63) is 42.5 Å². The van der Waals surface area contributed by atoms with Gasteiger partial charge in [-0.1, -0.05) is 0 Å². The molecule has 1 N–H and O–H groups in total. The number of rotatable bonds is 7. The number of hydrogen-bond acceptors (Lipinski definition) is 9. The number of nitrogens with one attached hydrogen (secondary N) is 1. The number of fused-ring (bicyclic) bond motifs is 1. The number of methoxy groups -OCH3 is 3. The van der Waals surface area contributed by atoms with Crippen LogP contribution in [0.15, 0.2) is 36.7 Å². The molecule has 1 aromatic carbocycles. The third kappa shape index (κ3) is 4.97. The lowest BCUT2D eigenvalue weighted by Gasteiger charge is -2.36. The zero-order valence-electron chi connectivity index (χ0n) is 22.5. The molecule has 0 saturated carbocycles. The van der Waals surface area contributed by atoms with Crippen molar-refractivity contribution in [1.82, 2.24) is 24.4 Å². The standard InChI is InChI=1S/C27H30FN7O4/c1-16(36)34-8-10-35(11-9-34)20-14-21(37-3)19(13-22(20)38-4)30-27-31-24(23(28)26(32-27)39-5)18-12-17-6-7-33(2)25(17)29-15-18/h6-7,12-15H,8-11H2,1-5H3,(H,30,31,32). The SMILES string of the molecule is COc1cc(N2CCN(C(C)=O)CC2)c(OC)cc1Nc1nc(OC)c(F)c(-c2cnc3c(ccn3C)c2)n1. The topological polar surface area (TPSA) is 107 Å². The first-order chi connectivity index (χ1) is 18.8. The Morgan fingerprint density at radius 1 is 1.00 bits per heavy atom. The third-order valence-electron chi connectivity index (χ3n) is 6.81. The van der Waals surface area contributed by atoms with Gasteiger partial charge in [-0.15, -0.1) is 0 Å². The normalized spacial score (nSPS) is 13.5. The minimum atomic E-state index is -0.690. The lowest BCUT2D eigenvalue weighted by Crippen LogP contribution is -2.48. The molecule has 1 aliphatic rings. The molecule has 0 aliphatic carbocycles. The van der Waals surface area contributed by atoms with Crippen LogP contribution in [0, 0.1) is 5.82 Å². The van der Waals surface area contributed by atoms with Crippen LogP contribution in [-0.2, 0) is 11.8 Å². The maximum Gasteiger partial charge on any atom is 0.255 e. The summed E-state index contributed by atoms with van der Waals surface area (Å²) in [6, 6.07) is 7.36. The van der Waals surface area contributed by atoms with Crippen LogP contribution in [0.2, 0.25) is 0 Å². The highest BCUT2D eigenvalue weighted by atomic mass is 19.1. The number of aryl methyl sites for hydroxylation is 1. The smallest absolute Gasteiger partial charge is 0.255 e. The lowest BCUT2D eigenvalue weighted by atomic mass is 10.1. The number of aromatic nitrogens is 4. The fourth-order valence-corrected chi connectivity index (χ4v) is 4.70. The summed E-state index contributed by atoms with van der Waals surface area (Å²) in [5, 5.41) is 3.99. The molecule has 12 heteroatoms. The quantitative estimate of drug-likeness (QED) is 0.380. The zero-order chi connectivity index (χ0) is 27.7. The van der Waals surface area contributed by atoms with Gasteiger partial charge in [0.15, 0.2) is 0 Å². The molecule has 5 rings (SSSR count). The summed E-state index contributed by atoms with van der Waals surface area (Å²) in [7, 11) is 6.39. The Kier molecular flexibility index (Phi) is 7.09. The van der Waals surface area contributed by atoms with Gasteiger partial charge in [0.05, 0.1) is 32.7 Å². The van der Waals surface area contributed by atoms with Crippen LogP contribution in [0.25, 0.3) is 22.3 Å². The van der Waals surface area contributed by atoms with Gasteiger partial charge in [-0.2, -0.15) is 9.37 Å². The molecule has 4 heterocycles. The van der Waals surface area contributed by atoms with Crippen molar-refractivity contribution in [3.63, 3.8) is 0 Å². The van der Waals surface area contributed by atoms with Crippen LogP contribution in [0.4, 0.5) is 21.7 Å². The van der Waals surface area contributed by atoms with Crippen LogP contribution >= 0.6 is 0 Å². The van der Waals surface area contributed by atoms with Crippen molar-refractivity contribution in [1.29, 1.82) is 0 Å². The number of anilines is 3. The van der Waals surface area contributed by atoms with Gasteiger partial charge >= 0.3 is 0 Å². The van der Waals surface area contributed by atoms with Crippen LogP contribution in [0.3, 0.4) is 0 Å². The second-order valence-electron chi connectivity index (χ2n) is 9.13. The average molecular weight is 536 g/mol. The summed E-state index contributed by atoms with van der Waals surface area (Å²) in [6.07, 6.45) is 3.46. The number of ether oxygens (including phenoxy) is 3. The van der Waals surface area contributed by atoms with Crippen LogP contribution < -0.4 is 24.4 Å². The third-order valence-corrected chi connectivity index (χ3v) is 6.81. The van der Waals surface area contributed by atoms with Crippen molar-refractivity contribution >= 4 is 34.3 Å². The van der Waals surface area contributed by atoms with Crippen molar-refractivity contribution in [2.24, 2.45) is 7.05 Å². The maximum absolute atomic E-state index is 15.3. The predicted octanol–water partition coefficient (Wildman–Crippen LogP) is 3.61. The lowest BCUT2D eigenvalue weighted by molar-refractivity contribution is -0.129. The second kappa shape index (κ2) is 10.6. The van der Waals surface area contributed by atoms with Crippen molar-refractivity contribution in [2.75, 3.05) is 57.7 Å². The molecular formula is C27H30FN7O4. The van der Waals surface area contributed by atoms with Gasteiger partial charge in [-0.25, -0.2) is 9.97 Å². The van der Waals surface area contributed by atoms with Crippen molar-refractivity contribution in [2.45, 2.75) is 6.92 Å². The first kappa shape index (κ1) is 26.0. The van der Waals surface area contributed by atoms with Crippen LogP contribution in [-0.4, -0.2) is 77.8 Å². The molecule has 0 unspecified atom stereocenters. The fourth-order valence-electron chi connectivity index (χ4n) is 4.70. The van der Waals surface area contributed by atoms with Crippen LogP contribution in [0.5, 0.6) is 17.4 Å². The molecule has 11 nitrogen and oxygen atoms in total. The molecule has 39 heavy (non-hydrogen) atoms. The van der Waals surface area contributed by atoms with Crippen LogP contribution in [0.1, 0.15) is 6.92 Å². The van der Waals surface area contributed by atoms with E-state index in [0.29, 0.717) is 48.9 Å². The van der Waals surface area contributed by atoms with E-state index < -0.39 is 5.82 Å². The molecule has 0 radical (unpaired) electrons. The molecule has 204 valence electrons. The number of carbonyl (C=O) groups is 1. The Morgan fingerprint density at radius 2 is 1.74 bits per heavy atom. The van der Waals surface area contributed by atoms with Gasteiger partial charge in [0.25, 0.3) is 5.88 Å². The van der Waals surface area contributed by atoms with E-state index in [1.165, 1.54) is 7.11 Å². The minimum Gasteiger partial charge on any atom is -0.494 e. The molecule has 1 fully saturated rings. The Bertz CT molecular complexity index is 1530. The zero-order valence-corrected chi connectivity index (χ0v) is 22.5. The number of nitrogens with zero attached hydrogens (tertiary/aromatic N) is 6. The number of piperazine rings is 1. The molecular weight excluding hydrogens is 505 g/mol. The maximum atomic E-state index is 15.3. The van der Waals surface area contributed by atoms with E-state index in [4.69, 9.17) is 14.2 Å². The number of pyridine rings is 1. The van der Waals surface area contributed by atoms with Crippen molar-refractivity contribution < 1.29 is 23.4 Å². The summed E-state index contributed by atoms with van der Waals surface area (Å²) >= 11 is 0. The number of halogens is 1. The summed E-state index contributed by atoms with van der Waals surface area (Å²) in [5.41, 5.74) is 2.67. The summed E-state index contributed by atoms with van der Waals surface area (Å²) in [5.74, 6) is 0.390. The summed E-state index contributed by atoms with van der Waals surface area (Å²) < 4.78 is 33.8. The summed E-state index contributed by atoms with van der Waals surface area (Å²) in [4.78, 5) is 28.8. The van der Waals surface area contributed by atoms with E-state index >= 15 is 4.39 Å². The Labute approximate surface area is 225 Å². The Morgan fingerprint density at radius 3 is 2.41 bits per heavy atom. The van der Waals surface area contributed by atoms with Gasteiger partial charge in [0, 0.05) is 75.6 Å². The fraction of sp³-hybridized carbons (Fsp3) is 0.333. The molecule has 1 amide bonds. The first-order valence-electron chi connectivity index (χ1n) is 12.4. The number of carbonyl (C=O) groups excluding carboxylic acids is 1. The van der Waals surface area contributed by atoms with Gasteiger partial charge in [-0.3, -0.25) is 4.79 Å². The average Bonchev–Trinajstić information content (AvgIpc) is 3.33. The molecule has 1 saturated heterocycles. The highest BCUT2D eigenvalue weighted by molar-refractivity contribution is 5.82. The van der Waals surface area contributed by atoms with Gasteiger partial charge in [0.2, 0.25) is 17.7 Å². The highest BCUT2D eigenvalue weighted by Gasteiger charge is 2.24. The molecule has 3 aromatic heterocycles. The van der Waals surface area contributed by atoms with Crippen molar-refractivity contribution in [3.8, 4) is 28.6 Å². The molecule has 4 aromatic rings. The van der Waals surface area contributed by atoms with E-state index in [2.05, 4.69) is 25.2 Å². The monoisotopic (exact) mass is 535 g/mol. The van der Waals surface area contributed by atoms with Gasteiger partial charge in [-0.05, 0) is 12.1 Å². The molecule has 0 spiro atoms. The van der Waals surface area contributed by atoms with E-state index in [0.717, 1.165) is 16.7 Å².